The molecule has 3 fully saturated rings. The second-order valence-electron chi connectivity index (χ2n) is 10.8. The maximum absolute atomic E-state index is 13.4. The molecule has 2 saturated carbocycles. The summed E-state index contributed by atoms with van der Waals surface area (Å²) in [5, 5.41) is 7.46. The normalized spacial score (nSPS) is 31.9. The lowest BCUT2D eigenvalue weighted by atomic mass is 9.82. The Morgan fingerprint density at radius 1 is 1.12 bits per heavy atom. The lowest BCUT2D eigenvalue weighted by Crippen LogP contribution is -2.51. The predicted molar refractivity (Wildman–Crippen MR) is 125 cm³/mol. The van der Waals surface area contributed by atoms with Crippen LogP contribution in [0.15, 0.2) is 42.6 Å². The summed E-state index contributed by atoms with van der Waals surface area (Å²) in [7, 11) is 0. The first-order valence-corrected chi connectivity index (χ1v) is 12.5. The zero-order valence-corrected chi connectivity index (χ0v) is 19.5. The van der Waals surface area contributed by atoms with Gasteiger partial charge in [0.15, 0.2) is 0 Å². The van der Waals surface area contributed by atoms with E-state index in [2.05, 4.69) is 65.3 Å². The Balaban J connectivity index is 1.24. The highest BCUT2D eigenvalue weighted by molar-refractivity contribution is 5.83. The standard InChI is InChI=1S/C27H37N3O2/c1-27(2)17-23(27)26(31)30-16-6-9-22(24-14-15-28-29-24)25(30)18-32-21-12-10-20(11-13-21)19-7-4-3-5-8-19/h3-5,7-8,14-15,20-23,25H,6,9-13,16-18H2,1-2H3,(H,28,29)/t20?,21?,22?,23-,25?/m0/s1. The van der Waals surface area contributed by atoms with Crippen molar-refractivity contribution in [1.82, 2.24) is 15.1 Å². The van der Waals surface area contributed by atoms with Gasteiger partial charge in [-0.2, -0.15) is 5.10 Å². The van der Waals surface area contributed by atoms with Gasteiger partial charge in [0.1, 0.15) is 0 Å². The highest BCUT2D eigenvalue weighted by atomic mass is 16.5. The van der Waals surface area contributed by atoms with Crippen LogP contribution in [0, 0.1) is 11.3 Å². The summed E-state index contributed by atoms with van der Waals surface area (Å²) in [5.41, 5.74) is 2.68. The van der Waals surface area contributed by atoms with Gasteiger partial charge in [-0.25, -0.2) is 0 Å². The second kappa shape index (κ2) is 9.01. The van der Waals surface area contributed by atoms with Gasteiger partial charge in [0.25, 0.3) is 0 Å². The fourth-order valence-corrected chi connectivity index (χ4v) is 5.97. The molecule has 1 amide bonds. The number of carbonyl (C=O) groups is 1. The number of nitrogens with zero attached hydrogens (tertiary/aromatic N) is 2. The number of rotatable bonds is 6. The minimum atomic E-state index is 0.0859. The fraction of sp³-hybridized carbons (Fsp3) is 0.630. The van der Waals surface area contributed by atoms with Crippen molar-refractivity contribution in [2.45, 2.75) is 82.8 Å². The highest BCUT2D eigenvalue weighted by Crippen LogP contribution is 2.53. The van der Waals surface area contributed by atoms with Gasteiger partial charge in [0, 0.05) is 24.6 Å². The first-order valence-electron chi connectivity index (χ1n) is 12.5. The molecule has 1 aromatic carbocycles. The summed E-state index contributed by atoms with van der Waals surface area (Å²) in [6.07, 6.45) is 9.86. The van der Waals surface area contributed by atoms with E-state index in [0.29, 0.717) is 24.5 Å². The van der Waals surface area contributed by atoms with E-state index in [1.807, 2.05) is 6.20 Å². The van der Waals surface area contributed by atoms with Crippen LogP contribution in [0.5, 0.6) is 0 Å². The molecule has 1 aromatic heterocycles. The van der Waals surface area contributed by atoms with E-state index in [4.69, 9.17) is 4.74 Å². The lowest BCUT2D eigenvalue weighted by Gasteiger charge is -2.42. The number of aromatic amines is 1. The number of carbonyl (C=O) groups excluding carboxylic acids is 1. The third-order valence-electron chi connectivity index (χ3n) is 8.22. The Labute approximate surface area is 191 Å². The van der Waals surface area contributed by atoms with Gasteiger partial charge in [0.05, 0.1) is 24.4 Å². The Morgan fingerprint density at radius 3 is 2.53 bits per heavy atom. The van der Waals surface area contributed by atoms with Crippen molar-refractivity contribution in [1.29, 1.82) is 0 Å². The zero-order chi connectivity index (χ0) is 22.1. The number of hydrogen-bond donors (Lipinski definition) is 1. The van der Waals surface area contributed by atoms with Crippen LogP contribution in [0.4, 0.5) is 0 Å². The predicted octanol–water partition coefficient (Wildman–Crippen LogP) is 5.27. The fourth-order valence-electron chi connectivity index (χ4n) is 5.97. The number of ether oxygens (including phenoxy) is 1. The molecule has 1 aliphatic heterocycles. The molecule has 2 heterocycles. The topological polar surface area (TPSA) is 58.2 Å². The maximum atomic E-state index is 13.4. The SMILES string of the molecule is CC1(C)C[C@H]1C(=O)N1CCCC(c2cc[nH]n2)C1COC1CCC(c2ccccc2)CC1. The summed E-state index contributed by atoms with van der Waals surface area (Å²) in [4.78, 5) is 15.5. The van der Waals surface area contributed by atoms with Crippen molar-refractivity contribution in [3.8, 4) is 0 Å². The molecule has 0 spiro atoms. The largest absolute Gasteiger partial charge is 0.376 e. The molecular weight excluding hydrogens is 398 g/mol. The molecule has 1 N–H and O–H groups in total. The molecular formula is C27H37N3O2. The average molecular weight is 436 g/mol. The third kappa shape index (κ3) is 4.50. The first kappa shape index (κ1) is 21.7. The van der Waals surface area contributed by atoms with E-state index in [1.165, 1.54) is 18.4 Å². The molecule has 1 saturated heterocycles. The molecule has 32 heavy (non-hydrogen) atoms. The molecule has 2 unspecified atom stereocenters. The van der Waals surface area contributed by atoms with Gasteiger partial charge in [-0.1, -0.05) is 44.2 Å². The number of nitrogens with one attached hydrogen (secondary N) is 1. The molecule has 3 aliphatic rings. The Bertz CT molecular complexity index is 887. The van der Waals surface area contributed by atoms with E-state index in [9.17, 15) is 4.79 Å². The number of aromatic nitrogens is 2. The molecule has 5 heteroatoms. The quantitative estimate of drug-likeness (QED) is 0.672. The molecule has 5 rings (SSSR count). The number of piperidine rings is 1. The minimum absolute atomic E-state index is 0.0859. The Morgan fingerprint density at radius 2 is 1.88 bits per heavy atom. The lowest BCUT2D eigenvalue weighted by molar-refractivity contribution is -0.140. The van der Waals surface area contributed by atoms with Crippen LogP contribution >= 0.6 is 0 Å². The van der Waals surface area contributed by atoms with Crippen molar-refractivity contribution in [2.75, 3.05) is 13.2 Å². The van der Waals surface area contributed by atoms with Crippen LogP contribution in [0.25, 0.3) is 0 Å². The zero-order valence-electron chi connectivity index (χ0n) is 19.5. The summed E-state index contributed by atoms with van der Waals surface area (Å²) < 4.78 is 6.54. The van der Waals surface area contributed by atoms with E-state index in [1.54, 1.807) is 0 Å². The van der Waals surface area contributed by atoms with E-state index < -0.39 is 0 Å². The smallest absolute Gasteiger partial charge is 0.226 e. The first-order chi connectivity index (χ1) is 15.5. The van der Waals surface area contributed by atoms with Gasteiger partial charge in [-0.05, 0) is 67.9 Å². The minimum Gasteiger partial charge on any atom is -0.376 e. The Hall–Kier alpha value is -2.14. The third-order valence-corrected chi connectivity index (χ3v) is 8.22. The number of benzene rings is 1. The molecule has 172 valence electrons. The van der Waals surface area contributed by atoms with Crippen molar-refractivity contribution >= 4 is 5.91 Å². The van der Waals surface area contributed by atoms with Gasteiger partial charge in [-0.3, -0.25) is 9.89 Å². The summed E-state index contributed by atoms with van der Waals surface area (Å²) in [6, 6.07) is 13.0. The van der Waals surface area contributed by atoms with Gasteiger partial charge in [0.2, 0.25) is 5.91 Å². The number of likely N-dealkylation sites (tertiary alicyclic amines) is 1. The van der Waals surface area contributed by atoms with Crippen LogP contribution in [-0.2, 0) is 9.53 Å². The summed E-state index contributed by atoms with van der Waals surface area (Å²) in [5.74, 6) is 1.40. The van der Waals surface area contributed by atoms with Crippen molar-refractivity contribution < 1.29 is 9.53 Å². The summed E-state index contributed by atoms with van der Waals surface area (Å²) in [6.45, 7) is 5.89. The molecule has 2 aliphatic carbocycles. The van der Waals surface area contributed by atoms with E-state index in [-0.39, 0.29) is 23.3 Å². The number of hydrogen-bond acceptors (Lipinski definition) is 3. The van der Waals surface area contributed by atoms with Crippen LogP contribution in [0.2, 0.25) is 0 Å². The van der Waals surface area contributed by atoms with Gasteiger partial charge in [-0.15, -0.1) is 0 Å². The molecule has 2 aromatic rings. The molecule has 5 nitrogen and oxygen atoms in total. The van der Waals surface area contributed by atoms with E-state index >= 15 is 0 Å². The van der Waals surface area contributed by atoms with Crippen molar-refractivity contribution in [3.05, 3.63) is 53.9 Å². The van der Waals surface area contributed by atoms with Crippen LogP contribution in [0.3, 0.4) is 0 Å². The monoisotopic (exact) mass is 435 g/mol. The number of H-pyrrole nitrogens is 1. The molecule has 0 radical (unpaired) electrons. The van der Waals surface area contributed by atoms with Crippen LogP contribution in [-0.4, -0.2) is 46.3 Å². The maximum Gasteiger partial charge on any atom is 0.226 e. The Kier molecular flexibility index (Phi) is 6.11. The van der Waals surface area contributed by atoms with Crippen LogP contribution < -0.4 is 0 Å². The average Bonchev–Trinajstić information content (AvgIpc) is 3.20. The molecule has 0 bridgehead atoms. The molecule has 3 atom stereocenters. The van der Waals surface area contributed by atoms with E-state index in [0.717, 1.165) is 44.3 Å². The van der Waals surface area contributed by atoms with Gasteiger partial charge < -0.3 is 9.64 Å². The van der Waals surface area contributed by atoms with Crippen LogP contribution in [0.1, 0.15) is 81.9 Å². The highest BCUT2D eigenvalue weighted by Gasteiger charge is 2.53. The summed E-state index contributed by atoms with van der Waals surface area (Å²) >= 11 is 0. The number of amides is 1. The van der Waals surface area contributed by atoms with Gasteiger partial charge >= 0.3 is 0 Å². The van der Waals surface area contributed by atoms with Crippen molar-refractivity contribution in [2.24, 2.45) is 11.3 Å². The van der Waals surface area contributed by atoms with Crippen molar-refractivity contribution in [3.63, 3.8) is 0 Å². The second-order valence-corrected chi connectivity index (χ2v) is 10.8.